The van der Waals surface area contributed by atoms with Gasteiger partial charge in [0.25, 0.3) is 11.9 Å². The van der Waals surface area contributed by atoms with Crippen molar-refractivity contribution in [3.63, 3.8) is 0 Å². The molecule has 0 radical (unpaired) electrons. The van der Waals surface area contributed by atoms with Crippen molar-refractivity contribution in [2.24, 2.45) is 0 Å². The van der Waals surface area contributed by atoms with Crippen LogP contribution in [0.4, 0.5) is 5.69 Å². The lowest BCUT2D eigenvalue weighted by Crippen LogP contribution is -2.54. The van der Waals surface area contributed by atoms with Crippen LogP contribution in [0.15, 0.2) is 71.2 Å². The van der Waals surface area contributed by atoms with Gasteiger partial charge < -0.3 is 10.1 Å². The lowest BCUT2D eigenvalue weighted by molar-refractivity contribution is -0.532. The minimum Gasteiger partial charge on any atom is -0.489 e. The molecule has 2 N–H and O–H groups in total. The first kappa shape index (κ1) is 22.8. The Morgan fingerprint density at radius 2 is 1.88 bits per heavy atom. The molecule has 2 aliphatic rings. The number of ether oxygens (including phenoxy) is 1. The van der Waals surface area contributed by atoms with E-state index in [4.69, 9.17) is 16.3 Å². The summed E-state index contributed by atoms with van der Waals surface area (Å²) in [5.74, 6) is -0.500. The number of amides is 1. The highest BCUT2D eigenvalue weighted by atomic mass is 79.9. The van der Waals surface area contributed by atoms with Gasteiger partial charge in [0, 0.05) is 37.3 Å². The number of anilines is 1. The third-order valence-corrected chi connectivity index (χ3v) is 7.35. The predicted molar refractivity (Wildman–Crippen MR) is 133 cm³/mol. The molecule has 2 heterocycles. The van der Waals surface area contributed by atoms with E-state index in [0.29, 0.717) is 27.6 Å². The van der Waals surface area contributed by atoms with Gasteiger partial charge in [0.1, 0.15) is 12.4 Å². The molecule has 4 atom stereocenters. The molecule has 0 aromatic heterocycles. The summed E-state index contributed by atoms with van der Waals surface area (Å²) in [4.78, 5) is 25.5. The smallest absolute Gasteiger partial charge is 0.256 e. The number of fused-ring (bicyclic) bond motifs is 2. The van der Waals surface area contributed by atoms with E-state index in [0.717, 1.165) is 10.0 Å². The van der Waals surface area contributed by atoms with Gasteiger partial charge in [0.2, 0.25) is 0 Å². The topological polar surface area (TPSA) is 93.5 Å². The van der Waals surface area contributed by atoms with Crippen molar-refractivity contribution in [2.75, 3.05) is 5.32 Å². The third-order valence-electron chi connectivity index (χ3n) is 6.60. The third kappa shape index (κ3) is 3.66. The van der Waals surface area contributed by atoms with Crippen LogP contribution in [-0.2, 0) is 16.9 Å². The van der Waals surface area contributed by atoms with Crippen molar-refractivity contribution in [2.45, 2.75) is 37.1 Å². The lowest BCUT2D eigenvalue weighted by Gasteiger charge is -2.26. The highest BCUT2D eigenvalue weighted by Gasteiger charge is 2.68. The maximum atomic E-state index is 13.3. The highest BCUT2D eigenvalue weighted by molar-refractivity contribution is 9.10. The fourth-order valence-electron chi connectivity index (χ4n) is 5.17. The Kier molecular flexibility index (Phi) is 5.83. The molecule has 0 bridgehead atoms. The van der Waals surface area contributed by atoms with Gasteiger partial charge in [0.15, 0.2) is 5.54 Å². The molecule has 9 heteroatoms. The van der Waals surface area contributed by atoms with Crippen LogP contribution in [0.5, 0.6) is 5.75 Å². The number of halogens is 2. The van der Waals surface area contributed by atoms with Crippen LogP contribution in [0.1, 0.15) is 29.5 Å². The average molecular weight is 543 g/mol. The number of para-hydroxylation sites is 1. The summed E-state index contributed by atoms with van der Waals surface area (Å²) in [7, 11) is 0. The first-order valence-electron chi connectivity index (χ1n) is 10.8. The van der Waals surface area contributed by atoms with Crippen molar-refractivity contribution >= 4 is 39.1 Å². The molecule has 2 aliphatic heterocycles. The van der Waals surface area contributed by atoms with Crippen molar-refractivity contribution in [3.05, 3.63) is 103 Å². The van der Waals surface area contributed by atoms with E-state index in [1.165, 1.54) is 0 Å². The predicted octanol–water partition coefficient (Wildman–Crippen LogP) is 5.25. The number of nitro groups is 1. The van der Waals surface area contributed by atoms with Crippen molar-refractivity contribution in [1.82, 2.24) is 5.32 Å². The molecule has 174 valence electrons. The molecule has 1 saturated heterocycles. The van der Waals surface area contributed by atoms with E-state index in [-0.39, 0.29) is 17.6 Å². The minimum absolute atomic E-state index is 0.276. The number of carbonyl (C=O) groups excluding carboxylic acids is 1. The van der Waals surface area contributed by atoms with Gasteiger partial charge in [-0.15, -0.1) is 0 Å². The van der Waals surface area contributed by atoms with Gasteiger partial charge in [-0.25, -0.2) is 0 Å². The molecule has 3 aromatic rings. The Morgan fingerprint density at radius 1 is 1.15 bits per heavy atom. The van der Waals surface area contributed by atoms with Crippen molar-refractivity contribution in [1.29, 1.82) is 0 Å². The summed E-state index contributed by atoms with van der Waals surface area (Å²) in [5, 5.41) is 19.3. The number of carbonyl (C=O) groups is 1. The number of nitrogens with zero attached hydrogens (tertiary/aromatic N) is 1. The zero-order chi connectivity index (χ0) is 24.0. The summed E-state index contributed by atoms with van der Waals surface area (Å²) >= 11 is 9.47. The van der Waals surface area contributed by atoms with E-state index in [9.17, 15) is 14.9 Å². The van der Waals surface area contributed by atoms with Crippen LogP contribution >= 0.6 is 27.5 Å². The molecule has 3 aromatic carbocycles. The summed E-state index contributed by atoms with van der Waals surface area (Å²) in [6, 6.07) is 18.3. The standard InChI is InChI=1S/C25H21BrClN3O4/c1-14-22(18-12-16(26)8-11-21(18)34-13-15-6-9-17(27)10-7-15)23(30(32)33)25(29-14)19-4-2-3-5-20(19)28-24(25)31/h2-12,14,22-23,29H,13H2,1H3,(H,28,31)/t14-,22+,23+,25-/m0/s1. The number of rotatable bonds is 5. The van der Waals surface area contributed by atoms with E-state index < -0.39 is 23.4 Å². The summed E-state index contributed by atoms with van der Waals surface area (Å²) in [6.45, 7) is 2.14. The van der Waals surface area contributed by atoms with Crippen LogP contribution in [0.3, 0.4) is 0 Å². The summed E-state index contributed by atoms with van der Waals surface area (Å²) < 4.78 is 6.91. The van der Waals surface area contributed by atoms with Crippen LogP contribution in [0.2, 0.25) is 5.02 Å². The average Bonchev–Trinajstić information content (AvgIpc) is 3.27. The minimum atomic E-state index is -1.47. The second-order valence-electron chi connectivity index (χ2n) is 8.59. The van der Waals surface area contributed by atoms with Crippen LogP contribution in [0.25, 0.3) is 0 Å². The Balaban J connectivity index is 1.57. The SMILES string of the molecule is C[C@@H]1N[C@]2(C(=O)Nc3ccccc32)[C@H]([N+](=O)[O-])[C@H]1c1cc(Br)ccc1OCc1ccc(Cl)cc1. The molecule has 0 unspecified atom stereocenters. The normalized spacial score (nSPS) is 25.3. The van der Waals surface area contributed by atoms with E-state index in [1.807, 2.05) is 31.2 Å². The maximum absolute atomic E-state index is 13.3. The zero-order valence-corrected chi connectivity index (χ0v) is 20.5. The molecule has 0 saturated carbocycles. The number of benzene rings is 3. The molecule has 1 fully saturated rings. The Labute approximate surface area is 209 Å². The Morgan fingerprint density at radius 3 is 2.62 bits per heavy atom. The molecule has 1 amide bonds. The molecule has 0 aliphatic carbocycles. The Hall–Kier alpha value is -2.94. The summed E-state index contributed by atoms with van der Waals surface area (Å²) in [6.07, 6.45) is 0. The first-order chi connectivity index (χ1) is 16.3. The quantitative estimate of drug-likeness (QED) is 0.339. The van der Waals surface area contributed by atoms with Crippen molar-refractivity contribution in [3.8, 4) is 5.75 Å². The van der Waals surface area contributed by atoms with E-state index in [1.54, 1.807) is 42.5 Å². The van der Waals surface area contributed by atoms with E-state index in [2.05, 4.69) is 26.6 Å². The molecule has 5 rings (SSSR count). The second-order valence-corrected chi connectivity index (χ2v) is 9.95. The number of hydrogen-bond acceptors (Lipinski definition) is 5. The van der Waals surface area contributed by atoms with Gasteiger partial charge in [0.05, 0.1) is 5.92 Å². The van der Waals surface area contributed by atoms with Crippen LogP contribution in [0, 0.1) is 10.1 Å². The molecule has 34 heavy (non-hydrogen) atoms. The van der Waals surface area contributed by atoms with Crippen molar-refractivity contribution < 1.29 is 14.5 Å². The van der Waals surface area contributed by atoms with Gasteiger partial charge >= 0.3 is 0 Å². The molecule has 1 spiro atoms. The summed E-state index contributed by atoms with van der Waals surface area (Å²) in [5.41, 5.74) is 1.30. The maximum Gasteiger partial charge on any atom is 0.256 e. The van der Waals surface area contributed by atoms with Gasteiger partial charge in [-0.2, -0.15) is 0 Å². The molecular weight excluding hydrogens is 522 g/mol. The highest BCUT2D eigenvalue weighted by Crippen LogP contribution is 2.51. The lowest BCUT2D eigenvalue weighted by atomic mass is 9.78. The molecular formula is C25H21BrClN3O4. The van der Waals surface area contributed by atoms with Gasteiger partial charge in [-0.1, -0.05) is 57.9 Å². The van der Waals surface area contributed by atoms with Crippen LogP contribution in [-0.4, -0.2) is 22.9 Å². The zero-order valence-electron chi connectivity index (χ0n) is 18.1. The van der Waals surface area contributed by atoms with Gasteiger partial charge in [-0.05, 0) is 48.9 Å². The van der Waals surface area contributed by atoms with E-state index >= 15 is 0 Å². The fraction of sp³-hybridized carbons (Fsp3) is 0.240. The largest absolute Gasteiger partial charge is 0.489 e. The first-order valence-corrected chi connectivity index (χ1v) is 12.0. The fourth-order valence-corrected chi connectivity index (χ4v) is 5.68. The number of hydrogen-bond donors (Lipinski definition) is 2. The number of nitrogens with one attached hydrogen (secondary N) is 2. The second kappa shape index (κ2) is 8.69. The van der Waals surface area contributed by atoms with Crippen LogP contribution < -0.4 is 15.4 Å². The van der Waals surface area contributed by atoms with Gasteiger partial charge in [-0.3, -0.25) is 20.2 Å². The molecule has 7 nitrogen and oxygen atoms in total. The Bertz CT molecular complexity index is 1290. The monoisotopic (exact) mass is 541 g/mol.